The number of nitrogens with zero attached hydrogens (tertiary/aromatic N) is 3. The van der Waals surface area contributed by atoms with Crippen molar-refractivity contribution in [1.29, 1.82) is 0 Å². The summed E-state index contributed by atoms with van der Waals surface area (Å²) in [6.07, 6.45) is 9.04. The second-order valence-corrected chi connectivity index (χ2v) is 6.17. The van der Waals surface area contributed by atoms with Crippen molar-refractivity contribution in [1.82, 2.24) is 15.0 Å². The third-order valence-electron chi connectivity index (χ3n) is 4.77. The molecule has 5 nitrogen and oxygen atoms in total. The second kappa shape index (κ2) is 5.64. The molecule has 2 aromatic heterocycles. The number of hydrogen-bond acceptors (Lipinski definition) is 5. The van der Waals surface area contributed by atoms with Gasteiger partial charge >= 0.3 is 0 Å². The maximum Gasteiger partial charge on any atom is 0.229 e. The monoisotopic (exact) mass is 287 g/mol. The Balaban J connectivity index is 1.45. The predicted molar refractivity (Wildman–Crippen MR) is 76.6 cm³/mol. The first-order chi connectivity index (χ1) is 10.4. The van der Waals surface area contributed by atoms with Crippen molar-refractivity contribution in [3.8, 4) is 0 Å². The summed E-state index contributed by atoms with van der Waals surface area (Å²) in [7, 11) is 0. The van der Waals surface area contributed by atoms with Crippen LogP contribution in [0.25, 0.3) is 0 Å². The lowest BCUT2D eigenvalue weighted by Gasteiger charge is -2.20. The van der Waals surface area contributed by atoms with Crippen LogP contribution < -0.4 is 0 Å². The van der Waals surface area contributed by atoms with Gasteiger partial charge in [0.1, 0.15) is 5.76 Å². The van der Waals surface area contributed by atoms with Crippen LogP contribution in [0.3, 0.4) is 0 Å². The van der Waals surface area contributed by atoms with E-state index in [4.69, 9.17) is 8.94 Å². The molecule has 1 saturated carbocycles. The fourth-order valence-corrected chi connectivity index (χ4v) is 3.67. The van der Waals surface area contributed by atoms with Crippen LogP contribution in [0.1, 0.15) is 68.0 Å². The third-order valence-corrected chi connectivity index (χ3v) is 4.77. The smallest absolute Gasteiger partial charge is 0.229 e. The zero-order valence-corrected chi connectivity index (χ0v) is 12.2. The maximum absolute atomic E-state index is 5.57. The molecule has 1 atom stereocenters. The number of rotatable bonds is 4. The molecular formula is C16H21N3O2. The molecule has 0 radical (unpaired) electrons. The van der Waals surface area contributed by atoms with E-state index < -0.39 is 0 Å². The number of aromatic nitrogens is 2. The van der Waals surface area contributed by atoms with E-state index in [1.165, 1.54) is 32.1 Å². The predicted octanol–water partition coefficient (Wildman–Crippen LogP) is 3.66. The lowest BCUT2D eigenvalue weighted by molar-refractivity contribution is 0.212. The fourth-order valence-electron chi connectivity index (χ4n) is 3.67. The van der Waals surface area contributed by atoms with Crippen molar-refractivity contribution in [2.45, 2.75) is 57.0 Å². The molecule has 0 spiro atoms. The first-order valence-electron chi connectivity index (χ1n) is 8.00. The summed E-state index contributed by atoms with van der Waals surface area (Å²) >= 11 is 0. The summed E-state index contributed by atoms with van der Waals surface area (Å²) in [6.45, 7) is 1.82. The van der Waals surface area contributed by atoms with Crippen LogP contribution >= 0.6 is 0 Å². The van der Waals surface area contributed by atoms with Crippen LogP contribution in [0.2, 0.25) is 0 Å². The highest BCUT2D eigenvalue weighted by molar-refractivity contribution is 5.07. The molecule has 0 bridgehead atoms. The maximum atomic E-state index is 5.57. The normalized spacial score (nSPS) is 24.1. The van der Waals surface area contributed by atoms with Gasteiger partial charge in [-0.1, -0.05) is 18.0 Å². The van der Waals surface area contributed by atoms with Crippen molar-refractivity contribution in [2.24, 2.45) is 0 Å². The minimum atomic E-state index is 0.355. The Morgan fingerprint density at radius 2 is 2.10 bits per heavy atom. The van der Waals surface area contributed by atoms with E-state index in [0.717, 1.165) is 37.0 Å². The van der Waals surface area contributed by atoms with E-state index in [1.807, 2.05) is 6.07 Å². The van der Waals surface area contributed by atoms with Gasteiger partial charge in [0.15, 0.2) is 5.82 Å². The second-order valence-electron chi connectivity index (χ2n) is 6.17. The first kappa shape index (κ1) is 13.1. The van der Waals surface area contributed by atoms with Crippen LogP contribution in [0.5, 0.6) is 0 Å². The lowest BCUT2D eigenvalue weighted by atomic mass is 10.1. The molecule has 3 heterocycles. The zero-order valence-electron chi connectivity index (χ0n) is 12.2. The fraction of sp³-hybridized carbons (Fsp3) is 0.625. The molecule has 21 heavy (non-hydrogen) atoms. The van der Waals surface area contributed by atoms with Crippen LogP contribution in [0, 0.1) is 0 Å². The largest absolute Gasteiger partial charge is 0.468 e. The van der Waals surface area contributed by atoms with Crippen molar-refractivity contribution in [2.75, 3.05) is 6.54 Å². The Hall–Kier alpha value is -1.62. The molecule has 1 aliphatic carbocycles. The van der Waals surface area contributed by atoms with Gasteiger partial charge in [-0.3, -0.25) is 4.90 Å². The molecule has 0 aromatic carbocycles. The quantitative estimate of drug-likeness (QED) is 0.859. The molecule has 4 rings (SSSR count). The van der Waals surface area contributed by atoms with Gasteiger partial charge < -0.3 is 8.94 Å². The van der Waals surface area contributed by atoms with Gasteiger partial charge in [0.2, 0.25) is 5.89 Å². The molecular weight excluding hydrogens is 266 g/mol. The van der Waals surface area contributed by atoms with Crippen LogP contribution in [0.4, 0.5) is 0 Å². The van der Waals surface area contributed by atoms with Crippen molar-refractivity contribution < 1.29 is 8.94 Å². The van der Waals surface area contributed by atoms with Crippen LogP contribution in [-0.2, 0) is 6.54 Å². The molecule has 0 amide bonds. The third kappa shape index (κ3) is 2.62. The number of likely N-dealkylation sites (tertiary alicyclic amines) is 1. The summed E-state index contributed by atoms with van der Waals surface area (Å²) in [5, 5.41) is 4.18. The van der Waals surface area contributed by atoms with Gasteiger partial charge in [0.05, 0.1) is 18.8 Å². The van der Waals surface area contributed by atoms with Gasteiger partial charge in [-0.15, -0.1) is 0 Å². The Morgan fingerprint density at radius 3 is 2.90 bits per heavy atom. The van der Waals surface area contributed by atoms with Crippen molar-refractivity contribution >= 4 is 0 Å². The average Bonchev–Trinajstić information content (AvgIpc) is 3.28. The molecule has 1 aliphatic heterocycles. The highest BCUT2D eigenvalue weighted by Gasteiger charge is 2.30. The Bertz CT molecular complexity index is 572. The molecule has 0 unspecified atom stereocenters. The number of hydrogen-bond donors (Lipinski definition) is 0. The minimum absolute atomic E-state index is 0.355. The molecule has 1 saturated heterocycles. The van der Waals surface area contributed by atoms with Gasteiger partial charge in [0.25, 0.3) is 0 Å². The Kier molecular flexibility index (Phi) is 3.51. The summed E-state index contributed by atoms with van der Waals surface area (Å²) in [5.41, 5.74) is 0. The van der Waals surface area contributed by atoms with Gasteiger partial charge in [-0.2, -0.15) is 4.98 Å². The SMILES string of the molecule is c1coc([C@@H]2CCCN2Cc2noc(C3CCCC3)n2)c1. The average molecular weight is 287 g/mol. The van der Waals surface area contributed by atoms with Gasteiger partial charge in [-0.25, -0.2) is 0 Å². The molecule has 112 valence electrons. The van der Waals surface area contributed by atoms with Crippen molar-refractivity contribution in [3.05, 3.63) is 35.9 Å². The summed E-state index contributed by atoms with van der Waals surface area (Å²) in [6, 6.07) is 4.37. The molecule has 0 N–H and O–H groups in total. The van der Waals surface area contributed by atoms with E-state index in [9.17, 15) is 0 Å². The van der Waals surface area contributed by atoms with Crippen molar-refractivity contribution in [3.63, 3.8) is 0 Å². The van der Waals surface area contributed by atoms with E-state index in [-0.39, 0.29) is 0 Å². The number of furan rings is 1. The Labute approximate surface area is 124 Å². The van der Waals surface area contributed by atoms with E-state index in [0.29, 0.717) is 12.0 Å². The molecule has 2 aliphatic rings. The molecule has 2 aromatic rings. The van der Waals surface area contributed by atoms with Crippen LogP contribution in [-0.4, -0.2) is 21.6 Å². The summed E-state index contributed by atoms with van der Waals surface area (Å²) < 4.78 is 11.0. The zero-order chi connectivity index (χ0) is 14.1. The van der Waals surface area contributed by atoms with E-state index in [2.05, 4.69) is 21.1 Å². The summed E-state index contributed by atoms with van der Waals surface area (Å²) in [4.78, 5) is 7.01. The highest BCUT2D eigenvalue weighted by atomic mass is 16.5. The van der Waals surface area contributed by atoms with Gasteiger partial charge in [-0.05, 0) is 44.4 Å². The minimum Gasteiger partial charge on any atom is -0.468 e. The molecule has 5 heteroatoms. The topological polar surface area (TPSA) is 55.3 Å². The van der Waals surface area contributed by atoms with Gasteiger partial charge in [0, 0.05) is 5.92 Å². The highest BCUT2D eigenvalue weighted by Crippen LogP contribution is 2.35. The van der Waals surface area contributed by atoms with E-state index in [1.54, 1.807) is 6.26 Å². The van der Waals surface area contributed by atoms with Crippen LogP contribution in [0.15, 0.2) is 27.3 Å². The lowest BCUT2D eigenvalue weighted by Crippen LogP contribution is -2.23. The summed E-state index contributed by atoms with van der Waals surface area (Å²) in [5.74, 6) is 3.20. The molecule has 2 fully saturated rings. The Morgan fingerprint density at radius 1 is 1.19 bits per heavy atom. The van der Waals surface area contributed by atoms with E-state index >= 15 is 0 Å². The first-order valence-corrected chi connectivity index (χ1v) is 8.00. The standard InChI is InChI=1S/C16H21N3O2/c1-2-6-12(5-1)16-17-15(18-21-16)11-19-9-3-7-13(19)14-8-4-10-20-14/h4,8,10,12-13H,1-3,5-7,9,11H2/t13-/m0/s1.